The third kappa shape index (κ3) is 3.46. The smallest absolute Gasteiger partial charge is 0.265 e. The lowest BCUT2D eigenvalue weighted by molar-refractivity contribution is -0.00689. The number of hydrogen-bond donors (Lipinski definition) is 0. The molecule has 4 saturated carbocycles. The maximum atomic E-state index is 13.3. The van der Waals surface area contributed by atoms with Crippen molar-refractivity contribution < 1.29 is 13.2 Å². The number of anilines is 2. The summed E-state index contributed by atoms with van der Waals surface area (Å²) < 4.78 is 33.4. The molecule has 0 atom stereocenters. The minimum atomic E-state index is -3.64. The Bertz CT molecular complexity index is 1050. The van der Waals surface area contributed by atoms with Gasteiger partial charge in [-0.05, 0) is 80.5 Å². The Morgan fingerprint density at radius 1 is 1.03 bits per heavy atom. The van der Waals surface area contributed by atoms with Crippen molar-refractivity contribution in [2.45, 2.75) is 48.8 Å². The van der Waals surface area contributed by atoms with E-state index in [4.69, 9.17) is 9.72 Å². The van der Waals surface area contributed by atoms with Gasteiger partial charge in [0.1, 0.15) is 0 Å². The van der Waals surface area contributed by atoms with E-state index in [0.717, 1.165) is 42.2 Å². The highest BCUT2D eigenvalue weighted by Crippen LogP contribution is 2.60. The van der Waals surface area contributed by atoms with Crippen molar-refractivity contribution in [1.82, 2.24) is 4.98 Å². The molecule has 2 heterocycles. The van der Waals surface area contributed by atoms with Crippen molar-refractivity contribution in [3.63, 3.8) is 0 Å². The molecule has 0 N–H and O–H groups in total. The molecule has 1 aromatic carbocycles. The number of morpholine rings is 1. The van der Waals surface area contributed by atoms with Crippen molar-refractivity contribution >= 4 is 32.2 Å². The van der Waals surface area contributed by atoms with Crippen LogP contribution in [0.25, 0.3) is 0 Å². The summed E-state index contributed by atoms with van der Waals surface area (Å²) in [6.07, 6.45) is 7.89. The van der Waals surface area contributed by atoms with Gasteiger partial charge in [-0.3, -0.25) is 0 Å². The van der Waals surface area contributed by atoms with Gasteiger partial charge < -0.3 is 9.64 Å². The molecule has 32 heavy (non-hydrogen) atoms. The van der Waals surface area contributed by atoms with Gasteiger partial charge in [-0.15, -0.1) is 11.3 Å². The minimum absolute atomic E-state index is 0.188. The second-order valence-electron chi connectivity index (χ2n) is 10.3. The minimum Gasteiger partial charge on any atom is -0.378 e. The predicted octanol–water partition coefficient (Wildman–Crippen LogP) is 4.27. The zero-order chi connectivity index (χ0) is 21.9. The highest BCUT2D eigenvalue weighted by molar-refractivity contribution is 7.93. The van der Waals surface area contributed by atoms with Crippen LogP contribution in [0.2, 0.25) is 0 Å². The summed E-state index contributed by atoms with van der Waals surface area (Å²) in [5.74, 6) is 2.54. The van der Waals surface area contributed by atoms with Crippen LogP contribution in [0.15, 0.2) is 34.5 Å². The lowest BCUT2D eigenvalue weighted by Crippen LogP contribution is -2.48. The van der Waals surface area contributed by atoms with E-state index >= 15 is 0 Å². The van der Waals surface area contributed by atoms with Crippen molar-refractivity contribution in [3.05, 3.63) is 35.3 Å². The molecule has 0 spiro atoms. The van der Waals surface area contributed by atoms with E-state index < -0.39 is 10.0 Å². The Balaban J connectivity index is 1.22. The standard InChI is InChI=1S/C24H31N3O3S2/c1-26(32(28,29)21-4-2-20(3-5-21)27-6-8-30-9-7-27)23-25-22(16-31-23)24-13-17-10-18(14-24)12-19(11-17)15-24/h2-5,16-19H,6-15H2,1H3. The number of sulfonamides is 1. The van der Waals surface area contributed by atoms with E-state index in [1.165, 1.54) is 54.2 Å². The fourth-order valence-electron chi connectivity index (χ4n) is 6.99. The molecule has 7 rings (SSSR count). The first-order valence-electron chi connectivity index (χ1n) is 11.8. The van der Waals surface area contributed by atoms with Crippen LogP contribution in [0.1, 0.15) is 44.2 Å². The van der Waals surface area contributed by atoms with Crippen LogP contribution < -0.4 is 9.21 Å². The van der Waals surface area contributed by atoms with E-state index in [2.05, 4.69) is 10.3 Å². The van der Waals surface area contributed by atoms with Gasteiger partial charge in [0.2, 0.25) is 0 Å². The van der Waals surface area contributed by atoms with Crippen molar-refractivity contribution in [2.24, 2.45) is 17.8 Å². The zero-order valence-corrected chi connectivity index (χ0v) is 20.2. The number of rotatable bonds is 5. The second-order valence-corrected chi connectivity index (χ2v) is 13.1. The summed E-state index contributed by atoms with van der Waals surface area (Å²) in [5.41, 5.74) is 2.36. The number of hydrogen-bond acceptors (Lipinski definition) is 6. The molecule has 1 aliphatic heterocycles. The van der Waals surface area contributed by atoms with Crippen LogP contribution in [-0.4, -0.2) is 46.8 Å². The third-order valence-corrected chi connectivity index (χ3v) is 11.0. The molecule has 4 aliphatic carbocycles. The molecular weight excluding hydrogens is 442 g/mol. The first-order chi connectivity index (χ1) is 15.4. The summed E-state index contributed by atoms with van der Waals surface area (Å²) in [5, 5.41) is 2.71. The molecule has 5 aliphatic rings. The molecule has 0 radical (unpaired) electrons. The highest BCUT2D eigenvalue weighted by atomic mass is 32.2. The Morgan fingerprint density at radius 2 is 1.62 bits per heavy atom. The van der Waals surface area contributed by atoms with Gasteiger partial charge in [0.25, 0.3) is 10.0 Å². The molecule has 6 nitrogen and oxygen atoms in total. The van der Waals surface area contributed by atoms with Gasteiger partial charge in [0.15, 0.2) is 5.13 Å². The maximum absolute atomic E-state index is 13.3. The van der Waals surface area contributed by atoms with Crippen LogP contribution in [0.3, 0.4) is 0 Å². The monoisotopic (exact) mass is 473 g/mol. The summed E-state index contributed by atoms with van der Waals surface area (Å²) in [7, 11) is -2.01. The summed E-state index contributed by atoms with van der Waals surface area (Å²) in [6.45, 7) is 3.08. The molecule has 1 aromatic heterocycles. The van der Waals surface area contributed by atoms with E-state index in [1.807, 2.05) is 12.1 Å². The van der Waals surface area contributed by atoms with E-state index in [9.17, 15) is 8.42 Å². The van der Waals surface area contributed by atoms with Crippen LogP contribution in [0, 0.1) is 17.8 Å². The molecule has 0 amide bonds. The predicted molar refractivity (Wildman–Crippen MR) is 127 cm³/mol. The quantitative estimate of drug-likeness (QED) is 0.649. The molecule has 8 heteroatoms. The highest BCUT2D eigenvalue weighted by Gasteiger charge is 2.52. The Hall–Kier alpha value is -1.64. The normalized spacial score (nSPS) is 31.8. The topological polar surface area (TPSA) is 62.7 Å². The van der Waals surface area contributed by atoms with Gasteiger partial charge >= 0.3 is 0 Å². The van der Waals surface area contributed by atoms with Crippen molar-refractivity contribution in [2.75, 3.05) is 42.6 Å². The molecule has 172 valence electrons. The molecule has 2 aromatic rings. The van der Waals surface area contributed by atoms with Gasteiger partial charge in [-0.1, -0.05) is 0 Å². The Morgan fingerprint density at radius 3 is 2.22 bits per heavy atom. The average Bonchev–Trinajstić information content (AvgIpc) is 3.29. The van der Waals surface area contributed by atoms with Gasteiger partial charge in [-0.25, -0.2) is 17.7 Å². The first kappa shape index (κ1) is 20.9. The average molecular weight is 474 g/mol. The lowest BCUT2D eigenvalue weighted by atomic mass is 9.49. The van der Waals surface area contributed by atoms with Crippen LogP contribution in [0.5, 0.6) is 0 Å². The first-order valence-corrected chi connectivity index (χ1v) is 14.1. The van der Waals surface area contributed by atoms with Crippen LogP contribution in [-0.2, 0) is 20.2 Å². The van der Waals surface area contributed by atoms with Gasteiger partial charge in [0.05, 0.1) is 23.8 Å². The second kappa shape index (κ2) is 7.71. The van der Waals surface area contributed by atoms with Crippen molar-refractivity contribution in [3.8, 4) is 0 Å². The van der Waals surface area contributed by atoms with E-state index in [-0.39, 0.29) is 5.41 Å². The van der Waals surface area contributed by atoms with Crippen LogP contribution in [0.4, 0.5) is 10.8 Å². The Kier molecular flexibility index (Phi) is 5.04. The summed E-state index contributed by atoms with van der Waals surface area (Å²) in [4.78, 5) is 7.46. The summed E-state index contributed by atoms with van der Waals surface area (Å²) in [6, 6.07) is 7.22. The zero-order valence-electron chi connectivity index (χ0n) is 18.6. The molecule has 4 bridgehead atoms. The SMILES string of the molecule is CN(c1nc(C23CC4CC(CC(C4)C2)C3)cs1)S(=O)(=O)c1ccc(N2CCOCC2)cc1. The molecule has 0 unspecified atom stereocenters. The fourth-order valence-corrected chi connectivity index (χ4v) is 9.27. The molecular formula is C24H31N3O3S2. The number of benzene rings is 1. The lowest BCUT2D eigenvalue weighted by Gasteiger charge is -2.56. The number of nitrogens with zero attached hydrogens (tertiary/aromatic N) is 3. The van der Waals surface area contributed by atoms with Gasteiger partial charge in [-0.2, -0.15) is 0 Å². The Labute approximate surface area is 194 Å². The molecule has 1 saturated heterocycles. The largest absolute Gasteiger partial charge is 0.378 e. The van der Waals surface area contributed by atoms with Crippen molar-refractivity contribution in [1.29, 1.82) is 0 Å². The van der Waals surface area contributed by atoms with Gasteiger partial charge in [0, 0.05) is 36.6 Å². The number of aromatic nitrogens is 1. The number of thiazole rings is 1. The van der Waals surface area contributed by atoms with Crippen LogP contribution >= 0.6 is 11.3 Å². The fraction of sp³-hybridized carbons (Fsp3) is 0.625. The third-order valence-electron chi connectivity index (χ3n) is 8.21. The van der Waals surface area contributed by atoms with E-state index in [1.54, 1.807) is 19.2 Å². The summed E-state index contributed by atoms with van der Waals surface area (Å²) >= 11 is 1.47. The molecule has 5 fully saturated rings. The van der Waals surface area contributed by atoms with E-state index in [0.29, 0.717) is 23.2 Å². The maximum Gasteiger partial charge on any atom is 0.265 e. The number of ether oxygens (including phenoxy) is 1.